The first-order chi connectivity index (χ1) is 13.1. The second kappa shape index (κ2) is 7.77. The van der Waals surface area contributed by atoms with Crippen molar-refractivity contribution in [2.75, 3.05) is 17.9 Å². The van der Waals surface area contributed by atoms with Crippen LogP contribution < -0.4 is 9.46 Å². The number of nitrogens with zero attached hydrogens (tertiary/aromatic N) is 2. The van der Waals surface area contributed by atoms with Gasteiger partial charge in [0.15, 0.2) is 15.3 Å². The van der Waals surface area contributed by atoms with Crippen LogP contribution in [0.15, 0.2) is 65.0 Å². The molecule has 1 aliphatic rings. The highest BCUT2D eigenvalue weighted by Crippen LogP contribution is 2.30. The third-order valence-electron chi connectivity index (χ3n) is 4.28. The highest BCUT2D eigenvalue weighted by molar-refractivity contribution is 7.98. The minimum absolute atomic E-state index is 0.193. The van der Waals surface area contributed by atoms with Crippen LogP contribution in [0.1, 0.15) is 10.6 Å². The van der Waals surface area contributed by atoms with E-state index in [1.54, 1.807) is 53.9 Å². The molecular weight excluding hydrogens is 382 g/mol. The number of benzene rings is 2. The number of ether oxygens (including phenoxy) is 1. The van der Waals surface area contributed by atoms with Gasteiger partial charge in [0.1, 0.15) is 17.4 Å². The van der Waals surface area contributed by atoms with E-state index in [4.69, 9.17) is 4.74 Å². The zero-order chi connectivity index (χ0) is 18.7. The number of aromatic nitrogens is 1. The SMILES string of the molecule is O=[S+]([O-])(Nc1ccccc1)c1ccc2c(c1)OCCN(Cc1nccs1)C2. The molecule has 0 saturated carbocycles. The van der Waals surface area contributed by atoms with Gasteiger partial charge >= 0.3 is 0 Å². The van der Waals surface area contributed by atoms with Crippen LogP contribution >= 0.6 is 11.3 Å². The van der Waals surface area contributed by atoms with Crippen LogP contribution in [-0.2, 0) is 27.7 Å². The van der Waals surface area contributed by atoms with Gasteiger partial charge in [0.05, 0.1) is 12.2 Å². The third-order valence-corrected chi connectivity index (χ3v) is 6.42. The van der Waals surface area contributed by atoms with Crippen molar-refractivity contribution in [1.82, 2.24) is 9.88 Å². The predicted octanol–water partition coefficient (Wildman–Crippen LogP) is 3.55. The van der Waals surface area contributed by atoms with Gasteiger partial charge in [0.2, 0.25) is 0 Å². The van der Waals surface area contributed by atoms with Gasteiger partial charge in [-0.3, -0.25) is 4.90 Å². The molecule has 1 unspecified atom stereocenters. The fourth-order valence-electron chi connectivity index (χ4n) is 2.95. The number of fused-ring (bicyclic) bond motifs is 1. The number of sulfonamides is 1. The molecule has 140 valence electrons. The van der Waals surface area contributed by atoms with Crippen LogP contribution in [-0.4, -0.2) is 27.6 Å². The van der Waals surface area contributed by atoms with Crippen LogP contribution in [0.3, 0.4) is 0 Å². The first kappa shape index (κ1) is 18.1. The van der Waals surface area contributed by atoms with Crippen LogP contribution in [0, 0.1) is 0 Å². The van der Waals surface area contributed by atoms with Gasteiger partial charge in [-0.25, -0.2) is 9.71 Å². The van der Waals surface area contributed by atoms with E-state index in [2.05, 4.69) is 14.6 Å². The van der Waals surface area contributed by atoms with Gasteiger partial charge in [0, 0.05) is 36.3 Å². The smallest absolute Gasteiger partial charge is 0.184 e. The Morgan fingerprint density at radius 3 is 2.89 bits per heavy atom. The molecule has 1 atom stereocenters. The minimum Gasteiger partial charge on any atom is -0.588 e. The van der Waals surface area contributed by atoms with Crippen LogP contribution in [0.25, 0.3) is 0 Å². The summed E-state index contributed by atoms with van der Waals surface area (Å²) in [6, 6.07) is 13.9. The van der Waals surface area contributed by atoms with Crippen molar-refractivity contribution in [2.45, 2.75) is 18.0 Å². The van der Waals surface area contributed by atoms with Crippen LogP contribution in [0.4, 0.5) is 5.69 Å². The Kier molecular flexibility index (Phi) is 5.22. The molecule has 0 amide bonds. The molecular formula is C19H19N3O3S2. The van der Waals surface area contributed by atoms with Crippen molar-refractivity contribution in [3.8, 4) is 5.75 Å². The molecule has 1 aromatic heterocycles. The lowest BCUT2D eigenvalue weighted by molar-refractivity contribution is 0.219. The quantitative estimate of drug-likeness (QED) is 0.662. The Bertz CT molecular complexity index is 948. The molecule has 2 aromatic carbocycles. The largest absolute Gasteiger partial charge is 0.588 e. The number of anilines is 1. The van der Waals surface area contributed by atoms with Crippen molar-refractivity contribution >= 4 is 27.4 Å². The molecule has 4 rings (SSSR count). The lowest BCUT2D eigenvalue weighted by Crippen LogP contribution is -2.25. The Morgan fingerprint density at radius 2 is 2.11 bits per heavy atom. The third kappa shape index (κ3) is 4.36. The summed E-state index contributed by atoms with van der Waals surface area (Å²) in [6.07, 6.45) is 1.80. The lowest BCUT2D eigenvalue weighted by atomic mass is 10.2. The molecule has 0 saturated heterocycles. The maximum Gasteiger partial charge on any atom is 0.184 e. The number of hydrogen-bond acceptors (Lipinski definition) is 6. The van der Waals surface area contributed by atoms with Gasteiger partial charge in [-0.05, 0) is 24.3 Å². The van der Waals surface area contributed by atoms with E-state index in [1.165, 1.54) is 0 Å². The number of para-hydroxylation sites is 1. The Morgan fingerprint density at radius 1 is 1.26 bits per heavy atom. The molecule has 0 radical (unpaired) electrons. The summed E-state index contributed by atoms with van der Waals surface area (Å²) in [4.78, 5) is 6.78. The van der Waals surface area contributed by atoms with Gasteiger partial charge < -0.3 is 9.29 Å². The Balaban J connectivity index is 1.53. The second-order valence-corrected chi connectivity index (χ2v) is 8.89. The van der Waals surface area contributed by atoms with E-state index in [9.17, 15) is 8.76 Å². The fourth-order valence-corrected chi connectivity index (χ4v) is 4.68. The number of nitrogens with one attached hydrogen (secondary N) is 1. The topological polar surface area (TPSA) is 77.5 Å². The fraction of sp³-hybridized carbons (Fsp3) is 0.211. The van der Waals surface area contributed by atoms with E-state index in [-0.39, 0.29) is 4.90 Å². The van der Waals surface area contributed by atoms with E-state index in [0.717, 1.165) is 23.7 Å². The number of rotatable bonds is 5. The van der Waals surface area contributed by atoms with Crippen molar-refractivity contribution in [1.29, 1.82) is 0 Å². The highest BCUT2D eigenvalue weighted by Gasteiger charge is 2.24. The molecule has 0 aliphatic carbocycles. The molecule has 0 fully saturated rings. The molecule has 1 aliphatic heterocycles. The number of thiazole rings is 1. The average Bonchev–Trinajstić information content (AvgIpc) is 3.07. The summed E-state index contributed by atoms with van der Waals surface area (Å²) in [6.45, 7) is 2.73. The van der Waals surface area contributed by atoms with Crippen molar-refractivity contribution < 1.29 is 13.5 Å². The maximum absolute atomic E-state index is 12.7. The van der Waals surface area contributed by atoms with E-state index >= 15 is 0 Å². The second-order valence-electron chi connectivity index (χ2n) is 6.23. The predicted molar refractivity (Wildman–Crippen MR) is 105 cm³/mol. The molecule has 6 nitrogen and oxygen atoms in total. The monoisotopic (exact) mass is 401 g/mol. The van der Waals surface area contributed by atoms with Crippen molar-refractivity contribution in [3.63, 3.8) is 0 Å². The lowest BCUT2D eigenvalue weighted by Gasteiger charge is -2.18. The summed E-state index contributed by atoms with van der Waals surface area (Å²) in [5.41, 5.74) is 1.51. The molecule has 0 bridgehead atoms. The highest BCUT2D eigenvalue weighted by atomic mass is 32.3. The van der Waals surface area contributed by atoms with Crippen LogP contribution in [0.5, 0.6) is 5.75 Å². The van der Waals surface area contributed by atoms with Gasteiger partial charge in [0.25, 0.3) is 0 Å². The molecule has 1 N–H and O–H groups in total. The summed E-state index contributed by atoms with van der Waals surface area (Å²) in [7, 11) is -3.67. The number of hydrogen-bond donors (Lipinski definition) is 1. The first-order valence-corrected chi connectivity index (χ1v) is 10.9. The summed E-state index contributed by atoms with van der Waals surface area (Å²) in [5.74, 6) is 0.618. The van der Waals surface area contributed by atoms with Gasteiger partial charge in [-0.1, -0.05) is 22.4 Å². The normalized spacial score (nSPS) is 16.6. The Labute approximate surface area is 163 Å². The molecule has 8 heteroatoms. The van der Waals surface area contributed by atoms with Crippen molar-refractivity contribution in [2.24, 2.45) is 0 Å². The zero-order valence-electron chi connectivity index (χ0n) is 14.5. The molecule has 0 spiro atoms. The van der Waals surface area contributed by atoms with Crippen molar-refractivity contribution in [3.05, 3.63) is 70.7 Å². The first-order valence-electron chi connectivity index (χ1n) is 8.54. The molecule has 3 aromatic rings. The van der Waals surface area contributed by atoms with E-state index in [1.807, 2.05) is 17.5 Å². The molecule has 27 heavy (non-hydrogen) atoms. The van der Waals surface area contributed by atoms with Gasteiger partial charge in [-0.15, -0.1) is 11.3 Å². The van der Waals surface area contributed by atoms with E-state index in [0.29, 0.717) is 24.6 Å². The average molecular weight is 402 g/mol. The maximum atomic E-state index is 12.7. The summed E-state index contributed by atoms with van der Waals surface area (Å²) in [5, 5.41) is 3.03. The van der Waals surface area contributed by atoms with E-state index < -0.39 is 10.4 Å². The molecule has 2 heterocycles. The summed E-state index contributed by atoms with van der Waals surface area (Å²) < 4.78 is 33.8. The summed E-state index contributed by atoms with van der Waals surface area (Å²) >= 11 is 1.63. The minimum atomic E-state index is -3.67. The standard InChI is InChI=1S/C19H19N3O3S2/c23-27(24,21-16-4-2-1-3-5-16)17-7-6-15-13-22(9-10-25-18(15)12-17)14-19-20-8-11-26-19/h1-8,11-12H,9-10,13-14H2,(H-,21,23,24). The van der Waals surface area contributed by atoms with Crippen LogP contribution in [0.2, 0.25) is 0 Å². The Hall–Kier alpha value is -2.26. The zero-order valence-corrected chi connectivity index (χ0v) is 16.2. The van der Waals surface area contributed by atoms with Gasteiger partial charge in [-0.2, -0.15) is 0 Å².